The van der Waals surface area contributed by atoms with Gasteiger partial charge in [-0.05, 0) is 76.0 Å². The zero-order valence-electron chi connectivity index (χ0n) is 22.0. The molecule has 0 amide bonds. The van der Waals surface area contributed by atoms with Gasteiger partial charge in [0.05, 0.1) is 6.61 Å². The third-order valence-electron chi connectivity index (χ3n) is 6.99. The molecule has 1 aromatic carbocycles. The van der Waals surface area contributed by atoms with E-state index in [0.29, 0.717) is 18.4 Å². The minimum atomic E-state index is -4.67. The standard InChI is InChI=1S/C28H41O7P/c1-6-8-9-15-33-36(31,32)35-28(13-14-28)27(30)34-25-18-21(10-7-2)17-24(29)26(25)23-16-20(5)11-12-22(23)19(3)4/h16-18,22-23,29H,3,6-15H2,1-2,4-5H3,(H,31,32)/p-1/t22-,23+/m0/s1. The number of aryl methyl sites for hydroxylation is 1. The second kappa shape index (κ2) is 12.1. The van der Waals surface area contributed by atoms with Crippen molar-refractivity contribution in [1.29, 1.82) is 0 Å². The number of hydrogen-bond acceptors (Lipinski definition) is 7. The second-order valence-corrected chi connectivity index (χ2v) is 11.6. The predicted molar refractivity (Wildman–Crippen MR) is 138 cm³/mol. The molecular weight excluding hydrogens is 479 g/mol. The molecular formula is C28H40O7P-. The molecule has 1 N–H and O–H groups in total. The van der Waals surface area contributed by atoms with Crippen LogP contribution < -0.4 is 9.63 Å². The Morgan fingerprint density at radius 2 is 1.97 bits per heavy atom. The number of carbonyl (C=O) groups excluding carboxylic acids is 1. The number of rotatable bonds is 13. The number of phenols is 1. The largest absolute Gasteiger partial charge is 0.756 e. The molecule has 0 bridgehead atoms. The first kappa shape index (κ1) is 28.6. The van der Waals surface area contributed by atoms with Gasteiger partial charge in [0, 0.05) is 11.5 Å². The van der Waals surface area contributed by atoms with Crippen LogP contribution >= 0.6 is 7.82 Å². The molecule has 1 unspecified atom stereocenters. The van der Waals surface area contributed by atoms with Crippen LogP contribution in [0, 0.1) is 5.92 Å². The van der Waals surface area contributed by atoms with E-state index < -0.39 is 19.4 Å². The summed E-state index contributed by atoms with van der Waals surface area (Å²) in [5, 5.41) is 11.1. The highest BCUT2D eigenvalue weighted by Gasteiger charge is 2.56. The molecule has 2 aliphatic carbocycles. The van der Waals surface area contributed by atoms with Gasteiger partial charge in [-0.15, -0.1) is 0 Å². The lowest BCUT2D eigenvalue weighted by atomic mass is 9.73. The van der Waals surface area contributed by atoms with E-state index >= 15 is 0 Å². The van der Waals surface area contributed by atoms with E-state index in [1.54, 1.807) is 12.1 Å². The maximum atomic E-state index is 13.3. The van der Waals surface area contributed by atoms with Crippen LogP contribution in [0.3, 0.4) is 0 Å². The molecule has 1 aromatic rings. The van der Waals surface area contributed by atoms with E-state index in [1.807, 2.05) is 20.8 Å². The van der Waals surface area contributed by atoms with Gasteiger partial charge in [-0.3, -0.25) is 9.09 Å². The van der Waals surface area contributed by atoms with Crippen LogP contribution in [0.1, 0.15) is 96.1 Å². The number of benzene rings is 1. The van der Waals surface area contributed by atoms with Gasteiger partial charge in [-0.2, -0.15) is 0 Å². The van der Waals surface area contributed by atoms with Gasteiger partial charge < -0.3 is 19.3 Å². The van der Waals surface area contributed by atoms with Crippen molar-refractivity contribution in [2.75, 3.05) is 6.61 Å². The van der Waals surface area contributed by atoms with Crippen molar-refractivity contribution in [3.05, 3.63) is 47.1 Å². The number of allylic oxidation sites excluding steroid dienone is 3. The lowest BCUT2D eigenvalue weighted by Crippen LogP contribution is -2.32. The van der Waals surface area contributed by atoms with Crippen LogP contribution in [0.4, 0.5) is 0 Å². The molecule has 0 aliphatic heterocycles. The summed E-state index contributed by atoms with van der Waals surface area (Å²) in [5.74, 6) is -0.610. The van der Waals surface area contributed by atoms with Crippen molar-refractivity contribution >= 4 is 13.8 Å². The minimum absolute atomic E-state index is 0.0203. The Labute approximate surface area is 215 Å². The van der Waals surface area contributed by atoms with Crippen LogP contribution in [0.15, 0.2) is 35.9 Å². The van der Waals surface area contributed by atoms with Crippen molar-refractivity contribution in [3.63, 3.8) is 0 Å². The number of phosphoric ester groups is 1. The monoisotopic (exact) mass is 519 g/mol. The molecule has 3 rings (SSSR count). The Morgan fingerprint density at radius 1 is 1.25 bits per heavy atom. The third-order valence-corrected chi connectivity index (χ3v) is 8.07. The summed E-state index contributed by atoms with van der Waals surface area (Å²) in [6.07, 6.45) is 8.29. The van der Waals surface area contributed by atoms with Gasteiger partial charge in [0.15, 0.2) is 5.60 Å². The van der Waals surface area contributed by atoms with E-state index in [2.05, 4.69) is 19.6 Å². The quantitative estimate of drug-likeness (QED) is 0.104. The number of phosphoric acid groups is 1. The number of esters is 1. The molecule has 1 fully saturated rings. The SMILES string of the molecule is C=C(C)[C@@H]1CCC(C)=C[C@H]1c1c(O)cc(CCC)cc1OC(=O)C1(OP(=O)([O-])OCCCCC)CC1. The van der Waals surface area contributed by atoms with Gasteiger partial charge in [0.2, 0.25) is 0 Å². The molecule has 0 saturated heterocycles. The minimum Gasteiger partial charge on any atom is -0.756 e. The molecule has 8 heteroatoms. The molecule has 2 aliphatic rings. The van der Waals surface area contributed by atoms with E-state index in [9.17, 15) is 19.4 Å². The normalized spacial score (nSPS) is 22.4. The zero-order valence-corrected chi connectivity index (χ0v) is 22.9. The first-order valence-electron chi connectivity index (χ1n) is 13.1. The zero-order chi connectivity index (χ0) is 26.5. The van der Waals surface area contributed by atoms with Crippen molar-refractivity contribution in [3.8, 4) is 11.5 Å². The summed E-state index contributed by atoms with van der Waals surface area (Å²) in [4.78, 5) is 25.7. The van der Waals surface area contributed by atoms with Gasteiger partial charge >= 0.3 is 5.97 Å². The van der Waals surface area contributed by atoms with Crippen LogP contribution in [-0.4, -0.2) is 23.3 Å². The highest BCUT2D eigenvalue weighted by atomic mass is 31.2. The van der Waals surface area contributed by atoms with Crippen molar-refractivity contribution < 1.29 is 33.1 Å². The van der Waals surface area contributed by atoms with Gasteiger partial charge in [-0.1, -0.05) is 56.9 Å². The fraction of sp³-hybridized carbons (Fsp3) is 0.607. The molecule has 0 aromatic heterocycles. The number of unbranched alkanes of at least 4 members (excludes halogenated alkanes) is 2. The van der Waals surface area contributed by atoms with Gasteiger partial charge in [0.1, 0.15) is 11.5 Å². The number of ether oxygens (including phenoxy) is 1. The Hall–Kier alpha value is -1.92. The highest BCUT2D eigenvalue weighted by Crippen LogP contribution is 2.54. The molecule has 7 nitrogen and oxygen atoms in total. The average molecular weight is 520 g/mol. The molecule has 1 saturated carbocycles. The fourth-order valence-corrected chi connectivity index (χ4v) is 5.92. The summed E-state index contributed by atoms with van der Waals surface area (Å²) in [6, 6.07) is 3.50. The van der Waals surface area contributed by atoms with E-state index in [4.69, 9.17) is 13.8 Å². The highest BCUT2D eigenvalue weighted by molar-refractivity contribution is 7.46. The maximum absolute atomic E-state index is 13.3. The summed E-state index contributed by atoms with van der Waals surface area (Å²) in [5.41, 5.74) is 1.97. The number of hydrogen-bond donors (Lipinski definition) is 1. The second-order valence-electron chi connectivity index (χ2n) is 10.3. The van der Waals surface area contributed by atoms with Crippen molar-refractivity contribution in [2.24, 2.45) is 5.92 Å². The molecule has 3 atom stereocenters. The molecule has 0 spiro atoms. The van der Waals surface area contributed by atoms with Crippen LogP contribution in [0.5, 0.6) is 11.5 Å². The molecule has 36 heavy (non-hydrogen) atoms. The van der Waals surface area contributed by atoms with E-state index in [-0.39, 0.29) is 42.8 Å². The number of aromatic hydroxyl groups is 1. The summed E-state index contributed by atoms with van der Waals surface area (Å²) in [6.45, 7) is 12.2. The molecule has 200 valence electrons. The first-order chi connectivity index (χ1) is 17.0. The fourth-order valence-electron chi connectivity index (χ4n) is 4.83. The molecule has 0 heterocycles. The van der Waals surface area contributed by atoms with Crippen LogP contribution in [0.2, 0.25) is 0 Å². The Bertz CT molecular complexity index is 1040. The molecule has 0 radical (unpaired) electrons. The Kier molecular flexibility index (Phi) is 9.62. The summed E-state index contributed by atoms with van der Waals surface area (Å²) < 4.78 is 28.4. The smallest absolute Gasteiger partial charge is 0.344 e. The maximum Gasteiger partial charge on any atom is 0.344 e. The predicted octanol–water partition coefficient (Wildman–Crippen LogP) is 6.49. The average Bonchev–Trinajstić information content (AvgIpc) is 3.56. The van der Waals surface area contributed by atoms with Crippen molar-refractivity contribution in [2.45, 2.75) is 97.0 Å². The first-order valence-corrected chi connectivity index (χ1v) is 14.5. The summed E-state index contributed by atoms with van der Waals surface area (Å²) in [7, 11) is -4.67. The Balaban J connectivity index is 1.89. The van der Waals surface area contributed by atoms with E-state index in [0.717, 1.165) is 43.2 Å². The lowest BCUT2D eigenvalue weighted by molar-refractivity contribution is -0.232. The van der Waals surface area contributed by atoms with Crippen LogP contribution in [0.25, 0.3) is 0 Å². The van der Waals surface area contributed by atoms with Gasteiger partial charge in [0.25, 0.3) is 7.82 Å². The topological polar surface area (TPSA) is 105 Å². The third kappa shape index (κ3) is 7.10. The van der Waals surface area contributed by atoms with Gasteiger partial charge in [-0.25, -0.2) is 4.79 Å². The Morgan fingerprint density at radius 3 is 2.58 bits per heavy atom. The van der Waals surface area contributed by atoms with Crippen molar-refractivity contribution in [1.82, 2.24) is 0 Å². The number of phenolic OH excluding ortho intramolecular Hbond substituents is 1. The number of carbonyl (C=O) groups is 1. The van der Waals surface area contributed by atoms with E-state index in [1.165, 1.54) is 5.57 Å². The summed E-state index contributed by atoms with van der Waals surface area (Å²) >= 11 is 0. The lowest BCUT2D eigenvalue weighted by Gasteiger charge is -2.32. The van der Waals surface area contributed by atoms with Crippen LogP contribution in [-0.2, 0) is 24.8 Å².